The van der Waals surface area contributed by atoms with Crippen molar-refractivity contribution in [2.24, 2.45) is 0 Å². The molecule has 0 N–H and O–H groups in total. The quantitative estimate of drug-likeness (QED) is 0.138. The van der Waals surface area contributed by atoms with Crippen LogP contribution in [0.15, 0.2) is 273 Å². The third kappa shape index (κ3) is 6.39. The van der Waals surface area contributed by atoms with Crippen LogP contribution in [0.3, 0.4) is 0 Å². The van der Waals surface area contributed by atoms with E-state index in [9.17, 15) is 0 Å². The summed E-state index contributed by atoms with van der Waals surface area (Å²) in [5.74, 6) is 0. The summed E-state index contributed by atoms with van der Waals surface area (Å²) in [6.07, 6.45) is 0. The molecule has 0 unspecified atom stereocenters. The molecule has 0 saturated carbocycles. The molecular formula is C67H45N. The molecule has 12 aromatic rings. The van der Waals surface area contributed by atoms with Gasteiger partial charge >= 0.3 is 0 Å². The molecule has 0 atom stereocenters. The molecular weight excluding hydrogens is 819 g/mol. The van der Waals surface area contributed by atoms with Gasteiger partial charge in [-0.1, -0.05) is 231 Å². The second-order valence-corrected chi connectivity index (χ2v) is 18.0. The summed E-state index contributed by atoms with van der Waals surface area (Å²) in [7, 11) is 0. The van der Waals surface area contributed by atoms with Crippen LogP contribution in [0.25, 0.3) is 76.8 Å². The maximum Gasteiger partial charge on any atom is 0.0714 e. The van der Waals surface area contributed by atoms with Crippen molar-refractivity contribution in [2.45, 2.75) is 5.41 Å². The van der Waals surface area contributed by atoms with Gasteiger partial charge in [0.2, 0.25) is 0 Å². The zero-order valence-electron chi connectivity index (χ0n) is 37.4. The highest BCUT2D eigenvalue weighted by molar-refractivity contribution is 6.08. The molecule has 13 rings (SSSR count). The summed E-state index contributed by atoms with van der Waals surface area (Å²) in [6.45, 7) is 0. The fraction of sp³-hybridized carbons (Fsp3) is 0.0149. The van der Waals surface area contributed by atoms with E-state index in [0.717, 1.165) is 22.6 Å². The lowest BCUT2D eigenvalue weighted by atomic mass is 9.68. The first-order valence-electron chi connectivity index (χ1n) is 23.6. The van der Waals surface area contributed by atoms with Gasteiger partial charge in [-0.3, -0.25) is 0 Å². The van der Waals surface area contributed by atoms with E-state index in [1.54, 1.807) is 0 Å². The lowest BCUT2D eigenvalue weighted by molar-refractivity contribution is 0.768. The van der Waals surface area contributed by atoms with Crippen molar-refractivity contribution in [3.63, 3.8) is 0 Å². The molecule has 1 heteroatoms. The minimum absolute atomic E-state index is 0.521. The van der Waals surface area contributed by atoms with Crippen LogP contribution in [0.4, 0.5) is 17.1 Å². The predicted molar refractivity (Wildman–Crippen MR) is 287 cm³/mol. The fourth-order valence-electron chi connectivity index (χ4n) is 11.3. The van der Waals surface area contributed by atoms with E-state index in [-0.39, 0.29) is 0 Å². The van der Waals surface area contributed by atoms with E-state index in [1.165, 1.54) is 93.5 Å². The third-order valence-corrected chi connectivity index (χ3v) is 14.3. The first-order valence-corrected chi connectivity index (χ1v) is 23.6. The maximum atomic E-state index is 2.48. The number of rotatable bonds is 8. The summed E-state index contributed by atoms with van der Waals surface area (Å²) in [5, 5.41) is 7.57. The van der Waals surface area contributed by atoms with Gasteiger partial charge in [0.25, 0.3) is 0 Å². The Kier molecular flexibility index (Phi) is 9.47. The average Bonchev–Trinajstić information content (AvgIpc) is 3.73. The highest BCUT2D eigenvalue weighted by atomic mass is 15.1. The first kappa shape index (κ1) is 39.6. The van der Waals surface area contributed by atoms with Crippen LogP contribution in [0.2, 0.25) is 0 Å². The summed E-state index contributed by atoms with van der Waals surface area (Å²) in [4.78, 5) is 2.48. The number of fused-ring (bicyclic) bond motifs is 7. The Morgan fingerprint density at radius 3 is 1.54 bits per heavy atom. The molecule has 12 aromatic carbocycles. The van der Waals surface area contributed by atoms with Gasteiger partial charge in [-0.2, -0.15) is 0 Å². The van der Waals surface area contributed by atoms with E-state index in [2.05, 4.69) is 278 Å². The molecule has 0 saturated heterocycles. The average molecular weight is 864 g/mol. The van der Waals surface area contributed by atoms with Crippen LogP contribution in [0.5, 0.6) is 0 Å². The van der Waals surface area contributed by atoms with Crippen LogP contribution in [0, 0.1) is 0 Å². The number of benzene rings is 12. The SMILES string of the molecule is c1ccc(C2(c3ccccc3)c3ccccc3-c3c(N(c4ccc(-c5cccc6ccccc56)cc4)c4cccc(-c5cccc(-c6ccc7c(ccc8ccccc87)c6)c5)c4)cccc32)cc1. The maximum absolute atomic E-state index is 2.48. The van der Waals surface area contributed by atoms with E-state index < -0.39 is 5.41 Å². The van der Waals surface area contributed by atoms with Crippen molar-refractivity contribution in [1.82, 2.24) is 0 Å². The molecule has 0 amide bonds. The number of anilines is 3. The van der Waals surface area contributed by atoms with Crippen LogP contribution in [0.1, 0.15) is 22.3 Å². The van der Waals surface area contributed by atoms with Crippen LogP contribution in [-0.2, 0) is 5.41 Å². The Balaban J connectivity index is 0.990. The van der Waals surface area contributed by atoms with E-state index in [0.29, 0.717) is 0 Å². The number of nitrogens with zero attached hydrogens (tertiary/aromatic N) is 1. The summed E-state index contributed by atoms with van der Waals surface area (Å²) in [5.41, 5.74) is 17.5. The van der Waals surface area contributed by atoms with Crippen molar-refractivity contribution < 1.29 is 0 Å². The molecule has 1 aliphatic rings. The standard InChI is InChI=1S/C67H45N/c1-3-23-54(24-4-1)67(55-25-5-2-6-26-55)63-32-12-11-30-62(63)66-64(67)33-16-34-65(66)68(56-40-37-48(38-41-56)60-31-15-19-46-17-7-9-28-58(46)60)57-27-14-22-51(45-57)49-20-13-21-50(43-49)52-39-42-61-53(44-52)36-35-47-18-8-10-29-59(47)61/h1-45H. The van der Waals surface area contributed by atoms with Crippen LogP contribution >= 0.6 is 0 Å². The van der Waals surface area contributed by atoms with Crippen molar-refractivity contribution >= 4 is 49.4 Å². The molecule has 0 aromatic heterocycles. The Labute approximate surface area is 397 Å². The molecule has 318 valence electrons. The van der Waals surface area contributed by atoms with Crippen LogP contribution < -0.4 is 4.90 Å². The van der Waals surface area contributed by atoms with E-state index >= 15 is 0 Å². The van der Waals surface area contributed by atoms with Gasteiger partial charge in [0.05, 0.1) is 11.1 Å². The molecule has 68 heavy (non-hydrogen) atoms. The Morgan fingerprint density at radius 2 is 0.779 bits per heavy atom. The molecule has 0 heterocycles. The molecule has 0 radical (unpaired) electrons. The third-order valence-electron chi connectivity index (χ3n) is 14.3. The molecule has 0 bridgehead atoms. The van der Waals surface area contributed by atoms with Gasteiger partial charge in [-0.15, -0.1) is 0 Å². The smallest absolute Gasteiger partial charge is 0.0714 e. The molecule has 1 aliphatic carbocycles. The minimum Gasteiger partial charge on any atom is -0.310 e. The second kappa shape index (κ2) is 16.3. The van der Waals surface area contributed by atoms with Gasteiger partial charge in [0, 0.05) is 16.9 Å². The summed E-state index contributed by atoms with van der Waals surface area (Å²) < 4.78 is 0. The summed E-state index contributed by atoms with van der Waals surface area (Å²) >= 11 is 0. The number of hydrogen-bond donors (Lipinski definition) is 0. The van der Waals surface area contributed by atoms with Crippen molar-refractivity contribution in [1.29, 1.82) is 0 Å². The Hall–Kier alpha value is -8.78. The van der Waals surface area contributed by atoms with E-state index in [1.807, 2.05) is 0 Å². The summed E-state index contributed by atoms with van der Waals surface area (Å²) in [6, 6.07) is 101. The van der Waals surface area contributed by atoms with Crippen molar-refractivity contribution in [2.75, 3.05) is 4.90 Å². The molecule has 0 fully saturated rings. The lowest BCUT2D eigenvalue weighted by Gasteiger charge is -2.34. The largest absolute Gasteiger partial charge is 0.310 e. The Morgan fingerprint density at radius 1 is 0.265 bits per heavy atom. The number of hydrogen-bond acceptors (Lipinski definition) is 1. The van der Waals surface area contributed by atoms with Gasteiger partial charge in [-0.25, -0.2) is 0 Å². The Bertz CT molecular complexity index is 3800. The highest BCUT2D eigenvalue weighted by Crippen LogP contribution is 2.59. The zero-order chi connectivity index (χ0) is 45.0. The first-order chi connectivity index (χ1) is 33.7. The van der Waals surface area contributed by atoms with Crippen molar-refractivity contribution in [3.05, 3.63) is 295 Å². The van der Waals surface area contributed by atoms with Gasteiger partial charge in [0.15, 0.2) is 0 Å². The lowest BCUT2D eigenvalue weighted by Crippen LogP contribution is -2.28. The van der Waals surface area contributed by atoms with E-state index in [4.69, 9.17) is 0 Å². The van der Waals surface area contributed by atoms with Crippen LogP contribution in [-0.4, -0.2) is 0 Å². The molecule has 1 nitrogen and oxygen atoms in total. The van der Waals surface area contributed by atoms with Crippen molar-refractivity contribution in [3.8, 4) is 44.5 Å². The predicted octanol–water partition coefficient (Wildman–Crippen LogP) is 18.0. The fourth-order valence-corrected chi connectivity index (χ4v) is 11.3. The van der Waals surface area contributed by atoms with Gasteiger partial charge in [-0.05, 0) is 136 Å². The molecule has 0 spiro atoms. The monoisotopic (exact) mass is 863 g/mol. The minimum atomic E-state index is -0.521. The highest BCUT2D eigenvalue weighted by Gasteiger charge is 2.47. The zero-order valence-corrected chi connectivity index (χ0v) is 37.4. The second-order valence-electron chi connectivity index (χ2n) is 18.0. The normalized spacial score (nSPS) is 12.5. The topological polar surface area (TPSA) is 3.24 Å². The molecule has 0 aliphatic heterocycles. The van der Waals surface area contributed by atoms with Gasteiger partial charge < -0.3 is 4.90 Å². The van der Waals surface area contributed by atoms with Gasteiger partial charge in [0.1, 0.15) is 0 Å².